The van der Waals surface area contributed by atoms with Gasteiger partial charge in [0.05, 0.1) is 0 Å². The Hall–Kier alpha value is -1.46. The van der Waals surface area contributed by atoms with E-state index in [4.69, 9.17) is 14.2 Å². The van der Waals surface area contributed by atoms with Gasteiger partial charge in [-0.15, -0.1) is 0 Å². The summed E-state index contributed by atoms with van der Waals surface area (Å²) in [7, 11) is 0. The molecule has 1 aromatic carbocycles. The van der Waals surface area contributed by atoms with Crippen LogP contribution in [0.15, 0.2) is 18.2 Å². The number of aromatic hydroxyl groups is 2. The molecule has 0 saturated heterocycles. The number of benzene rings is 1. The summed E-state index contributed by atoms with van der Waals surface area (Å²) in [5.74, 6) is 0.200. The minimum Gasteiger partial charge on any atom is -0.508 e. The van der Waals surface area contributed by atoms with Crippen molar-refractivity contribution in [2.75, 3.05) is 19.8 Å². The summed E-state index contributed by atoms with van der Waals surface area (Å²) in [5, 5.41) is 18.7. The van der Waals surface area contributed by atoms with Crippen LogP contribution in [0.2, 0.25) is 0 Å². The second kappa shape index (κ2) is 6.98. The number of rotatable bonds is 7. The molecule has 0 fully saturated rings. The summed E-state index contributed by atoms with van der Waals surface area (Å²) in [6.07, 6.45) is -0.480. The maximum atomic E-state index is 9.49. The number of phenolic OH excluding ortho intramolecular Hbond substituents is 2. The maximum absolute atomic E-state index is 9.49. The molecule has 0 bridgehead atoms. The van der Waals surface area contributed by atoms with Crippen LogP contribution in [0.1, 0.15) is 13.8 Å². The van der Waals surface area contributed by atoms with Crippen molar-refractivity contribution in [1.29, 1.82) is 0 Å². The van der Waals surface area contributed by atoms with Crippen molar-refractivity contribution in [3.8, 4) is 17.2 Å². The Morgan fingerprint density at radius 3 is 2.35 bits per heavy atom. The number of phenols is 2. The molecule has 5 heteroatoms. The van der Waals surface area contributed by atoms with Crippen LogP contribution in [-0.2, 0) is 9.47 Å². The van der Waals surface area contributed by atoms with Crippen molar-refractivity contribution in [2.45, 2.75) is 20.1 Å². The van der Waals surface area contributed by atoms with Crippen molar-refractivity contribution < 1.29 is 24.4 Å². The second-order valence-electron chi connectivity index (χ2n) is 3.30. The third kappa shape index (κ3) is 4.50. The fraction of sp³-hybridized carbons (Fsp3) is 0.500. The van der Waals surface area contributed by atoms with Gasteiger partial charge in [0.15, 0.2) is 17.8 Å². The van der Waals surface area contributed by atoms with Crippen molar-refractivity contribution >= 4 is 0 Å². The van der Waals surface area contributed by atoms with Crippen LogP contribution in [0.4, 0.5) is 0 Å². The Morgan fingerprint density at radius 2 is 1.76 bits per heavy atom. The highest BCUT2D eigenvalue weighted by molar-refractivity contribution is 5.43. The molecule has 0 aliphatic rings. The predicted molar refractivity (Wildman–Crippen MR) is 62.3 cm³/mol. The first-order valence-electron chi connectivity index (χ1n) is 5.55. The van der Waals surface area contributed by atoms with E-state index in [0.29, 0.717) is 13.2 Å². The molecule has 0 heterocycles. The largest absolute Gasteiger partial charge is 0.508 e. The van der Waals surface area contributed by atoms with Crippen molar-refractivity contribution in [2.24, 2.45) is 0 Å². The SMILES string of the molecule is CCOC(COc1cc(O)ccc1O)OCC. The Bertz CT molecular complexity index is 334. The molecule has 1 aromatic rings. The quantitative estimate of drug-likeness (QED) is 0.564. The molecule has 17 heavy (non-hydrogen) atoms. The Labute approximate surface area is 101 Å². The first kappa shape index (κ1) is 13.6. The summed E-state index contributed by atoms with van der Waals surface area (Å²) in [6, 6.07) is 4.08. The van der Waals surface area contributed by atoms with Crippen LogP contribution in [-0.4, -0.2) is 36.3 Å². The summed E-state index contributed by atoms with van der Waals surface area (Å²) in [6.45, 7) is 4.90. The Morgan fingerprint density at radius 1 is 1.12 bits per heavy atom. The van der Waals surface area contributed by atoms with E-state index in [9.17, 15) is 10.2 Å². The van der Waals surface area contributed by atoms with E-state index in [1.165, 1.54) is 18.2 Å². The van der Waals surface area contributed by atoms with Crippen LogP contribution in [0.3, 0.4) is 0 Å². The number of ether oxygens (including phenoxy) is 3. The van der Waals surface area contributed by atoms with E-state index in [1.54, 1.807) is 0 Å². The van der Waals surface area contributed by atoms with Crippen molar-refractivity contribution in [1.82, 2.24) is 0 Å². The lowest BCUT2D eigenvalue weighted by molar-refractivity contribution is -0.152. The third-order valence-electron chi connectivity index (χ3n) is 2.02. The molecular formula is C12H18O5. The van der Waals surface area contributed by atoms with Crippen LogP contribution in [0.5, 0.6) is 17.2 Å². The Kier molecular flexibility index (Phi) is 5.59. The molecule has 0 atom stereocenters. The monoisotopic (exact) mass is 242 g/mol. The van der Waals surface area contributed by atoms with Gasteiger partial charge in [-0.25, -0.2) is 0 Å². The van der Waals surface area contributed by atoms with Gasteiger partial charge in [-0.1, -0.05) is 0 Å². The van der Waals surface area contributed by atoms with Crippen LogP contribution in [0.25, 0.3) is 0 Å². The van der Waals surface area contributed by atoms with Gasteiger partial charge < -0.3 is 24.4 Å². The van der Waals surface area contributed by atoms with Gasteiger partial charge in [0, 0.05) is 19.3 Å². The zero-order valence-corrected chi connectivity index (χ0v) is 10.0. The highest BCUT2D eigenvalue weighted by atomic mass is 16.7. The maximum Gasteiger partial charge on any atom is 0.191 e. The second-order valence-corrected chi connectivity index (χ2v) is 3.30. The summed E-state index contributed by atoms with van der Waals surface area (Å²) in [5.41, 5.74) is 0. The summed E-state index contributed by atoms with van der Waals surface area (Å²) >= 11 is 0. The van der Waals surface area contributed by atoms with Gasteiger partial charge in [-0.2, -0.15) is 0 Å². The van der Waals surface area contributed by atoms with Crippen LogP contribution in [0, 0.1) is 0 Å². The molecule has 5 nitrogen and oxygen atoms in total. The highest BCUT2D eigenvalue weighted by Gasteiger charge is 2.11. The average Bonchev–Trinajstić information content (AvgIpc) is 2.30. The smallest absolute Gasteiger partial charge is 0.191 e. The molecule has 0 saturated carbocycles. The zero-order chi connectivity index (χ0) is 12.7. The lowest BCUT2D eigenvalue weighted by atomic mass is 10.3. The first-order chi connectivity index (χ1) is 8.17. The standard InChI is InChI=1S/C12H18O5/c1-3-15-12(16-4-2)8-17-11-7-9(13)5-6-10(11)14/h5-7,12-14H,3-4,8H2,1-2H3. The molecule has 0 aliphatic carbocycles. The van der Waals surface area contributed by atoms with Gasteiger partial charge in [-0.3, -0.25) is 0 Å². The first-order valence-corrected chi connectivity index (χ1v) is 5.55. The van der Waals surface area contributed by atoms with Crippen LogP contribution < -0.4 is 4.74 Å². The number of hydrogen-bond acceptors (Lipinski definition) is 5. The Balaban J connectivity index is 2.55. The molecule has 96 valence electrons. The van der Waals surface area contributed by atoms with Gasteiger partial charge in [0.25, 0.3) is 0 Å². The zero-order valence-electron chi connectivity index (χ0n) is 10.0. The van der Waals surface area contributed by atoms with E-state index in [1.807, 2.05) is 13.8 Å². The molecule has 0 radical (unpaired) electrons. The van der Waals surface area contributed by atoms with Gasteiger partial charge in [0.2, 0.25) is 0 Å². The third-order valence-corrected chi connectivity index (χ3v) is 2.02. The van der Waals surface area contributed by atoms with Crippen molar-refractivity contribution in [3.05, 3.63) is 18.2 Å². The molecular weight excluding hydrogens is 224 g/mol. The van der Waals surface area contributed by atoms with Gasteiger partial charge in [-0.05, 0) is 26.0 Å². The van der Waals surface area contributed by atoms with Crippen molar-refractivity contribution in [3.63, 3.8) is 0 Å². The fourth-order valence-corrected chi connectivity index (χ4v) is 1.29. The molecule has 0 aromatic heterocycles. The lowest BCUT2D eigenvalue weighted by Gasteiger charge is -2.17. The fourth-order valence-electron chi connectivity index (χ4n) is 1.29. The van der Waals surface area contributed by atoms with E-state index >= 15 is 0 Å². The average molecular weight is 242 g/mol. The molecule has 0 spiro atoms. The van der Waals surface area contributed by atoms with E-state index in [-0.39, 0.29) is 23.9 Å². The van der Waals surface area contributed by atoms with E-state index in [0.717, 1.165) is 0 Å². The highest BCUT2D eigenvalue weighted by Crippen LogP contribution is 2.29. The van der Waals surface area contributed by atoms with Crippen LogP contribution >= 0.6 is 0 Å². The van der Waals surface area contributed by atoms with E-state index in [2.05, 4.69) is 0 Å². The summed E-state index contributed by atoms with van der Waals surface area (Å²) in [4.78, 5) is 0. The number of hydrogen-bond donors (Lipinski definition) is 2. The molecule has 0 aliphatic heterocycles. The predicted octanol–water partition coefficient (Wildman–Crippen LogP) is 1.88. The molecule has 1 rings (SSSR count). The minimum absolute atomic E-state index is 0.0298. The van der Waals surface area contributed by atoms with Gasteiger partial charge in [0.1, 0.15) is 12.4 Å². The normalized spacial score (nSPS) is 10.8. The minimum atomic E-state index is -0.480. The van der Waals surface area contributed by atoms with E-state index < -0.39 is 6.29 Å². The molecule has 0 unspecified atom stereocenters. The topological polar surface area (TPSA) is 68.2 Å². The molecule has 2 N–H and O–H groups in total. The van der Waals surface area contributed by atoms with Gasteiger partial charge >= 0.3 is 0 Å². The lowest BCUT2D eigenvalue weighted by Crippen LogP contribution is -2.25. The molecule has 0 amide bonds. The summed E-state index contributed by atoms with van der Waals surface area (Å²) < 4.78 is 15.9.